The molecule has 2 atom stereocenters. The minimum Gasteiger partial charge on any atom is -0.492 e. The van der Waals surface area contributed by atoms with Crippen molar-refractivity contribution < 1.29 is 32.2 Å². The number of alkyl halides is 3. The van der Waals surface area contributed by atoms with Crippen molar-refractivity contribution in [1.29, 1.82) is 0 Å². The Balaban J connectivity index is 1.44. The molecule has 5 rings (SSSR count). The van der Waals surface area contributed by atoms with E-state index in [0.717, 1.165) is 42.6 Å². The molecule has 218 valence electrons. The highest BCUT2D eigenvalue weighted by Crippen LogP contribution is 2.48. The number of benzene rings is 3. The first-order valence-electron chi connectivity index (χ1n) is 14.1. The van der Waals surface area contributed by atoms with E-state index in [4.69, 9.17) is 14.2 Å². The number of fused-ring (bicyclic) bond motifs is 1. The van der Waals surface area contributed by atoms with Gasteiger partial charge in [0.15, 0.2) is 0 Å². The molecule has 2 aliphatic rings. The maximum absolute atomic E-state index is 13.6. The fourth-order valence-corrected chi connectivity index (χ4v) is 5.43. The Morgan fingerprint density at radius 3 is 2.32 bits per heavy atom. The van der Waals surface area contributed by atoms with Crippen LogP contribution in [0.3, 0.4) is 0 Å². The van der Waals surface area contributed by atoms with Crippen molar-refractivity contribution in [1.82, 2.24) is 4.90 Å². The first-order chi connectivity index (χ1) is 19.5. The van der Waals surface area contributed by atoms with Crippen molar-refractivity contribution in [3.05, 3.63) is 89.0 Å². The lowest BCUT2D eigenvalue weighted by Crippen LogP contribution is -2.27. The molecular formula is C33H36F3NO4. The largest absolute Gasteiger partial charge is 0.492 e. The van der Waals surface area contributed by atoms with E-state index in [2.05, 4.69) is 4.90 Å². The maximum atomic E-state index is 13.6. The Morgan fingerprint density at radius 1 is 0.927 bits per heavy atom. The first kappa shape index (κ1) is 29.0. The van der Waals surface area contributed by atoms with Gasteiger partial charge in [0.25, 0.3) is 0 Å². The average molecular weight is 568 g/mol. The van der Waals surface area contributed by atoms with Crippen LogP contribution in [0.4, 0.5) is 13.2 Å². The molecular weight excluding hydrogens is 531 g/mol. The standard InChI is InChI=1S/C33H36F3NO4/c1-32(2,3)31(38)41-26-13-14-27-29(20-26)40-21-28(23-7-6-8-24(19-23)33(34,35)36)30(27)22-9-11-25(12-10-22)39-18-17-37-15-4-5-16-37/h6-14,19-20,28,30H,4-5,15-18,21H2,1-3H3/t28-,30-/m1/s1. The molecule has 0 saturated carbocycles. The molecule has 0 bridgehead atoms. The van der Waals surface area contributed by atoms with E-state index < -0.39 is 17.2 Å². The summed E-state index contributed by atoms with van der Waals surface area (Å²) in [4.78, 5) is 14.8. The molecule has 0 spiro atoms. The fourth-order valence-electron chi connectivity index (χ4n) is 5.43. The van der Waals surface area contributed by atoms with Crippen LogP contribution >= 0.6 is 0 Å². The zero-order valence-electron chi connectivity index (χ0n) is 23.7. The van der Waals surface area contributed by atoms with Gasteiger partial charge in [0.05, 0.1) is 17.6 Å². The van der Waals surface area contributed by atoms with Crippen LogP contribution in [-0.2, 0) is 11.0 Å². The Kier molecular flexibility index (Phi) is 8.32. The van der Waals surface area contributed by atoms with Crippen molar-refractivity contribution in [3.63, 3.8) is 0 Å². The quantitative estimate of drug-likeness (QED) is 0.219. The summed E-state index contributed by atoms with van der Waals surface area (Å²) in [5.74, 6) is 0.639. The minimum absolute atomic E-state index is 0.170. The SMILES string of the molecule is CC(C)(C)C(=O)Oc1ccc2c(c1)OC[C@H](c1cccc(C(F)(F)F)c1)[C@@H]2c1ccc(OCCN2CCCC2)cc1. The number of esters is 1. The summed E-state index contributed by atoms with van der Waals surface area (Å²) in [7, 11) is 0. The monoisotopic (exact) mass is 567 g/mol. The van der Waals surface area contributed by atoms with E-state index in [9.17, 15) is 18.0 Å². The predicted octanol–water partition coefficient (Wildman–Crippen LogP) is 7.44. The second kappa shape index (κ2) is 11.8. The van der Waals surface area contributed by atoms with E-state index >= 15 is 0 Å². The zero-order chi connectivity index (χ0) is 29.2. The number of ether oxygens (including phenoxy) is 3. The molecule has 0 amide bonds. The number of carbonyl (C=O) groups excluding carboxylic acids is 1. The third kappa shape index (κ3) is 6.87. The van der Waals surface area contributed by atoms with Crippen molar-refractivity contribution >= 4 is 5.97 Å². The van der Waals surface area contributed by atoms with Crippen LogP contribution < -0.4 is 14.2 Å². The minimum atomic E-state index is -4.45. The molecule has 5 nitrogen and oxygen atoms in total. The Hall–Kier alpha value is -3.52. The van der Waals surface area contributed by atoms with Crippen LogP contribution in [0.5, 0.6) is 17.2 Å². The van der Waals surface area contributed by atoms with E-state index in [-0.39, 0.29) is 24.4 Å². The number of hydrogen-bond acceptors (Lipinski definition) is 5. The molecule has 0 unspecified atom stereocenters. The normalized spacial score (nSPS) is 19.4. The summed E-state index contributed by atoms with van der Waals surface area (Å²) >= 11 is 0. The van der Waals surface area contributed by atoms with Gasteiger partial charge in [0.1, 0.15) is 23.9 Å². The Labute approximate surface area is 239 Å². The van der Waals surface area contributed by atoms with Crippen LogP contribution in [-0.4, -0.2) is 43.7 Å². The topological polar surface area (TPSA) is 48.0 Å². The van der Waals surface area contributed by atoms with Crippen LogP contribution in [0.15, 0.2) is 66.7 Å². The van der Waals surface area contributed by atoms with Gasteiger partial charge in [-0.15, -0.1) is 0 Å². The van der Waals surface area contributed by atoms with Gasteiger partial charge >= 0.3 is 12.1 Å². The predicted molar refractivity (Wildman–Crippen MR) is 151 cm³/mol. The molecule has 0 N–H and O–H groups in total. The molecule has 8 heteroatoms. The average Bonchev–Trinajstić information content (AvgIpc) is 3.45. The number of carbonyl (C=O) groups is 1. The first-order valence-corrected chi connectivity index (χ1v) is 14.1. The summed E-state index contributed by atoms with van der Waals surface area (Å²) in [6.45, 7) is 9.21. The molecule has 0 aromatic heterocycles. The maximum Gasteiger partial charge on any atom is 0.416 e. The Bertz CT molecular complexity index is 1360. The number of rotatable bonds is 7. The molecule has 1 saturated heterocycles. The van der Waals surface area contributed by atoms with E-state index in [0.29, 0.717) is 23.7 Å². The summed E-state index contributed by atoms with van der Waals surface area (Å²) in [5, 5.41) is 0. The molecule has 3 aromatic rings. The third-order valence-corrected chi connectivity index (χ3v) is 7.72. The van der Waals surface area contributed by atoms with Gasteiger partial charge in [-0.25, -0.2) is 0 Å². The van der Waals surface area contributed by atoms with Gasteiger partial charge in [-0.1, -0.05) is 36.4 Å². The molecule has 2 heterocycles. The van der Waals surface area contributed by atoms with Crippen LogP contribution in [0.25, 0.3) is 0 Å². The van der Waals surface area contributed by atoms with Gasteiger partial charge in [0, 0.05) is 30.0 Å². The highest BCUT2D eigenvalue weighted by atomic mass is 19.4. The molecule has 0 radical (unpaired) electrons. The van der Waals surface area contributed by atoms with E-state index in [1.54, 1.807) is 39.0 Å². The Morgan fingerprint density at radius 2 is 1.63 bits per heavy atom. The van der Waals surface area contributed by atoms with E-state index in [1.807, 2.05) is 30.3 Å². The van der Waals surface area contributed by atoms with Crippen molar-refractivity contribution in [2.24, 2.45) is 5.41 Å². The summed E-state index contributed by atoms with van der Waals surface area (Å²) < 4.78 is 58.4. The molecule has 2 aliphatic heterocycles. The lowest BCUT2D eigenvalue weighted by molar-refractivity contribution is -0.143. The van der Waals surface area contributed by atoms with Gasteiger partial charge < -0.3 is 14.2 Å². The molecule has 3 aromatic carbocycles. The smallest absolute Gasteiger partial charge is 0.416 e. The van der Waals surface area contributed by atoms with Gasteiger partial charge in [-0.2, -0.15) is 13.2 Å². The summed E-state index contributed by atoms with van der Waals surface area (Å²) in [5.41, 5.74) is 0.933. The number of nitrogens with zero attached hydrogens (tertiary/aromatic N) is 1. The van der Waals surface area contributed by atoms with Crippen molar-refractivity contribution in [2.45, 2.75) is 51.6 Å². The molecule has 1 fully saturated rings. The molecule has 41 heavy (non-hydrogen) atoms. The second-order valence-electron chi connectivity index (χ2n) is 11.8. The van der Waals surface area contributed by atoms with E-state index in [1.165, 1.54) is 25.0 Å². The molecule has 0 aliphatic carbocycles. The number of hydrogen-bond donors (Lipinski definition) is 0. The van der Waals surface area contributed by atoms with Gasteiger partial charge in [-0.3, -0.25) is 9.69 Å². The van der Waals surface area contributed by atoms with Crippen molar-refractivity contribution in [3.8, 4) is 17.2 Å². The highest BCUT2D eigenvalue weighted by Gasteiger charge is 2.36. The van der Waals surface area contributed by atoms with Gasteiger partial charge in [0.2, 0.25) is 0 Å². The van der Waals surface area contributed by atoms with Crippen LogP contribution in [0.1, 0.15) is 67.7 Å². The fraction of sp³-hybridized carbons (Fsp3) is 0.424. The lowest BCUT2D eigenvalue weighted by Gasteiger charge is -2.35. The number of likely N-dealkylation sites (tertiary alicyclic amines) is 1. The summed E-state index contributed by atoms with van der Waals surface area (Å²) in [6, 6.07) is 18.5. The zero-order valence-corrected chi connectivity index (χ0v) is 23.7. The lowest BCUT2D eigenvalue weighted by atomic mass is 9.75. The highest BCUT2D eigenvalue weighted by molar-refractivity contribution is 5.78. The summed E-state index contributed by atoms with van der Waals surface area (Å²) in [6.07, 6.45) is -1.98. The number of halogens is 3. The van der Waals surface area contributed by atoms with Crippen LogP contribution in [0, 0.1) is 5.41 Å². The second-order valence-corrected chi connectivity index (χ2v) is 11.8. The van der Waals surface area contributed by atoms with Crippen molar-refractivity contribution in [2.75, 3.05) is 32.8 Å². The van der Waals surface area contributed by atoms with Gasteiger partial charge in [-0.05, 0) is 82.1 Å². The van der Waals surface area contributed by atoms with Crippen LogP contribution in [0.2, 0.25) is 0 Å². The third-order valence-electron chi connectivity index (χ3n) is 7.72.